The molecule has 0 saturated carbocycles. The standard InChI is InChI=1S/C22H21FN2O3/c1-17(26)25(16-18-7-5-6-10-21(18)27-14-12-23)20-15-24-13-11-22(20)28-19-8-3-2-4-9-19/h2-11,13,15H,12,14,16H2,1H3. The predicted octanol–water partition coefficient (Wildman–Crippen LogP) is 4.78. The zero-order valence-corrected chi connectivity index (χ0v) is 15.5. The quantitative estimate of drug-likeness (QED) is 0.565. The third-order valence-corrected chi connectivity index (χ3v) is 4.04. The number of hydrogen-bond donors (Lipinski definition) is 0. The number of amides is 1. The summed E-state index contributed by atoms with van der Waals surface area (Å²) in [5.41, 5.74) is 1.31. The molecule has 3 aromatic rings. The van der Waals surface area contributed by atoms with Crippen LogP contribution in [0.15, 0.2) is 73.1 Å². The van der Waals surface area contributed by atoms with Crippen molar-refractivity contribution in [2.75, 3.05) is 18.2 Å². The Hall–Kier alpha value is -3.41. The number of benzene rings is 2. The number of rotatable bonds is 8. The Morgan fingerprint density at radius 3 is 2.54 bits per heavy atom. The van der Waals surface area contributed by atoms with Crippen LogP contribution in [0.5, 0.6) is 17.2 Å². The normalized spacial score (nSPS) is 10.4. The van der Waals surface area contributed by atoms with E-state index in [2.05, 4.69) is 4.98 Å². The van der Waals surface area contributed by atoms with E-state index >= 15 is 0 Å². The molecular weight excluding hydrogens is 359 g/mol. The lowest BCUT2D eigenvalue weighted by Gasteiger charge is -2.24. The van der Waals surface area contributed by atoms with Gasteiger partial charge in [-0.05, 0) is 18.2 Å². The molecular formula is C22H21FN2O3. The molecule has 3 rings (SSSR count). The summed E-state index contributed by atoms with van der Waals surface area (Å²) < 4.78 is 23.9. The van der Waals surface area contributed by atoms with Crippen molar-refractivity contribution >= 4 is 11.6 Å². The molecule has 5 nitrogen and oxygen atoms in total. The van der Waals surface area contributed by atoms with Crippen LogP contribution in [0, 0.1) is 0 Å². The number of hydrogen-bond acceptors (Lipinski definition) is 4. The van der Waals surface area contributed by atoms with Crippen molar-refractivity contribution in [1.82, 2.24) is 4.98 Å². The molecule has 0 unspecified atom stereocenters. The van der Waals surface area contributed by atoms with Gasteiger partial charge in [-0.3, -0.25) is 9.78 Å². The SMILES string of the molecule is CC(=O)N(Cc1ccccc1OCCF)c1cnccc1Oc1ccccc1. The van der Waals surface area contributed by atoms with Crippen LogP contribution < -0.4 is 14.4 Å². The largest absolute Gasteiger partial charge is 0.491 e. The summed E-state index contributed by atoms with van der Waals surface area (Å²) in [6.45, 7) is 1.10. The second-order valence-electron chi connectivity index (χ2n) is 6.01. The molecule has 28 heavy (non-hydrogen) atoms. The lowest BCUT2D eigenvalue weighted by Crippen LogP contribution is -2.28. The van der Waals surface area contributed by atoms with Crippen LogP contribution in [0.1, 0.15) is 12.5 Å². The Morgan fingerprint density at radius 1 is 1.04 bits per heavy atom. The van der Waals surface area contributed by atoms with E-state index in [1.165, 1.54) is 6.92 Å². The number of alkyl halides is 1. The summed E-state index contributed by atoms with van der Waals surface area (Å²) >= 11 is 0. The molecule has 0 saturated heterocycles. The lowest BCUT2D eigenvalue weighted by molar-refractivity contribution is -0.116. The van der Waals surface area contributed by atoms with Crippen LogP contribution >= 0.6 is 0 Å². The Kier molecular flexibility index (Phi) is 6.57. The summed E-state index contributed by atoms with van der Waals surface area (Å²) in [6, 6.07) is 18.3. The van der Waals surface area contributed by atoms with Crippen molar-refractivity contribution in [3.63, 3.8) is 0 Å². The fraction of sp³-hybridized carbons (Fsp3) is 0.182. The van der Waals surface area contributed by atoms with E-state index in [9.17, 15) is 9.18 Å². The number of carbonyl (C=O) groups excluding carboxylic acids is 1. The van der Waals surface area contributed by atoms with Gasteiger partial charge in [-0.25, -0.2) is 4.39 Å². The van der Waals surface area contributed by atoms with E-state index in [1.807, 2.05) is 48.5 Å². The summed E-state index contributed by atoms with van der Waals surface area (Å²) in [7, 11) is 0. The van der Waals surface area contributed by atoms with Crippen LogP contribution in [0.2, 0.25) is 0 Å². The van der Waals surface area contributed by atoms with Crippen LogP contribution in [0.25, 0.3) is 0 Å². The van der Waals surface area contributed by atoms with Gasteiger partial charge in [0.25, 0.3) is 0 Å². The summed E-state index contributed by atoms with van der Waals surface area (Å²) in [5, 5.41) is 0. The van der Waals surface area contributed by atoms with Crippen molar-refractivity contribution in [2.45, 2.75) is 13.5 Å². The molecule has 2 aromatic carbocycles. The molecule has 0 spiro atoms. The van der Waals surface area contributed by atoms with Gasteiger partial charge in [-0.15, -0.1) is 0 Å². The minimum absolute atomic E-state index is 0.0354. The van der Waals surface area contributed by atoms with Gasteiger partial charge in [-0.2, -0.15) is 0 Å². The molecule has 0 radical (unpaired) electrons. The van der Waals surface area contributed by atoms with Gasteiger partial charge in [-0.1, -0.05) is 36.4 Å². The smallest absolute Gasteiger partial charge is 0.224 e. The van der Waals surface area contributed by atoms with Gasteiger partial charge in [0.05, 0.1) is 12.7 Å². The van der Waals surface area contributed by atoms with Gasteiger partial charge < -0.3 is 14.4 Å². The number of anilines is 1. The molecule has 0 bridgehead atoms. The molecule has 0 aliphatic carbocycles. The molecule has 0 fully saturated rings. The summed E-state index contributed by atoms with van der Waals surface area (Å²) in [4.78, 5) is 18.1. The Labute approximate surface area is 163 Å². The van der Waals surface area contributed by atoms with Crippen LogP contribution in [-0.2, 0) is 11.3 Å². The number of pyridine rings is 1. The molecule has 0 aliphatic heterocycles. The first-order valence-corrected chi connectivity index (χ1v) is 8.90. The van der Waals surface area contributed by atoms with Crippen molar-refractivity contribution in [3.8, 4) is 17.2 Å². The summed E-state index contributed by atoms with van der Waals surface area (Å²) in [6.07, 6.45) is 3.20. The average molecular weight is 380 g/mol. The highest BCUT2D eigenvalue weighted by molar-refractivity contribution is 5.93. The minimum Gasteiger partial charge on any atom is -0.491 e. The zero-order chi connectivity index (χ0) is 19.8. The maximum atomic E-state index is 12.5. The maximum Gasteiger partial charge on any atom is 0.224 e. The number of carbonyl (C=O) groups is 1. The van der Waals surface area contributed by atoms with Crippen molar-refractivity contribution in [1.29, 1.82) is 0 Å². The topological polar surface area (TPSA) is 51.7 Å². The number of nitrogens with zero attached hydrogens (tertiary/aromatic N) is 2. The van der Waals surface area contributed by atoms with Crippen molar-refractivity contribution in [3.05, 3.63) is 78.6 Å². The van der Waals surface area contributed by atoms with E-state index < -0.39 is 6.67 Å². The zero-order valence-electron chi connectivity index (χ0n) is 15.5. The number of para-hydroxylation sites is 2. The first kappa shape index (κ1) is 19.4. The number of halogens is 1. The highest BCUT2D eigenvalue weighted by Crippen LogP contribution is 2.33. The van der Waals surface area contributed by atoms with E-state index in [0.29, 0.717) is 22.9 Å². The molecule has 6 heteroatoms. The number of ether oxygens (including phenoxy) is 2. The van der Waals surface area contributed by atoms with E-state index in [4.69, 9.17) is 9.47 Å². The first-order chi connectivity index (χ1) is 13.7. The monoisotopic (exact) mass is 380 g/mol. The van der Waals surface area contributed by atoms with Crippen LogP contribution in [-0.4, -0.2) is 24.2 Å². The summed E-state index contributed by atoms with van der Waals surface area (Å²) in [5.74, 6) is 1.54. The van der Waals surface area contributed by atoms with Gasteiger partial charge in [0.2, 0.25) is 5.91 Å². The molecule has 144 valence electrons. The lowest BCUT2D eigenvalue weighted by atomic mass is 10.1. The van der Waals surface area contributed by atoms with Gasteiger partial charge in [0.15, 0.2) is 5.75 Å². The third kappa shape index (κ3) is 4.85. The van der Waals surface area contributed by atoms with Crippen LogP contribution in [0.3, 0.4) is 0 Å². The minimum atomic E-state index is -0.581. The van der Waals surface area contributed by atoms with Crippen molar-refractivity contribution in [2.24, 2.45) is 0 Å². The molecule has 1 aromatic heterocycles. The fourth-order valence-electron chi connectivity index (χ4n) is 2.74. The molecule has 0 aliphatic rings. The number of aromatic nitrogens is 1. The van der Waals surface area contributed by atoms with E-state index in [0.717, 1.165) is 5.56 Å². The van der Waals surface area contributed by atoms with E-state index in [1.54, 1.807) is 29.4 Å². The Morgan fingerprint density at radius 2 is 1.79 bits per heavy atom. The van der Waals surface area contributed by atoms with E-state index in [-0.39, 0.29) is 19.1 Å². The Balaban J connectivity index is 1.91. The predicted molar refractivity (Wildman–Crippen MR) is 106 cm³/mol. The van der Waals surface area contributed by atoms with Gasteiger partial charge >= 0.3 is 0 Å². The first-order valence-electron chi connectivity index (χ1n) is 8.90. The average Bonchev–Trinajstić information content (AvgIpc) is 2.72. The van der Waals surface area contributed by atoms with Crippen LogP contribution in [0.4, 0.5) is 10.1 Å². The second kappa shape index (κ2) is 9.50. The maximum absolute atomic E-state index is 12.5. The molecule has 0 N–H and O–H groups in total. The Bertz CT molecular complexity index is 918. The van der Waals surface area contributed by atoms with Crippen molar-refractivity contribution < 1.29 is 18.7 Å². The molecule has 1 heterocycles. The second-order valence-corrected chi connectivity index (χ2v) is 6.01. The fourth-order valence-corrected chi connectivity index (χ4v) is 2.74. The van der Waals surface area contributed by atoms with Gasteiger partial charge in [0, 0.05) is 24.8 Å². The highest BCUT2D eigenvalue weighted by atomic mass is 19.1. The molecule has 1 amide bonds. The molecule has 0 atom stereocenters. The highest BCUT2D eigenvalue weighted by Gasteiger charge is 2.19. The van der Waals surface area contributed by atoms with Gasteiger partial charge in [0.1, 0.15) is 30.5 Å². The third-order valence-electron chi connectivity index (χ3n) is 4.04.